The van der Waals surface area contributed by atoms with Crippen molar-refractivity contribution in [2.75, 3.05) is 26.1 Å². The highest BCUT2D eigenvalue weighted by Gasteiger charge is 2.15. The fourth-order valence-electron chi connectivity index (χ4n) is 2.23. The maximum absolute atomic E-state index is 12.4. The first-order valence-corrected chi connectivity index (χ1v) is 9.31. The summed E-state index contributed by atoms with van der Waals surface area (Å²) in [6.07, 6.45) is 1.37. The first kappa shape index (κ1) is 22.3. The van der Waals surface area contributed by atoms with Crippen molar-refractivity contribution in [1.82, 2.24) is 0 Å². The molecule has 29 heavy (non-hydrogen) atoms. The van der Waals surface area contributed by atoms with Crippen molar-refractivity contribution in [3.63, 3.8) is 0 Å². The summed E-state index contributed by atoms with van der Waals surface area (Å²) in [5.41, 5.74) is 0.845. The molecule has 0 aliphatic heterocycles. The number of hydrogen-bond acceptors (Lipinski definition) is 6. The van der Waals surface area contributed by atoms with E-state index in [0.717, 1.165) is 4.47 Å². The molecule has 1 amide bonds. The van der Waals surface area contributed by atoms with Crippen LogP contribution in [-0.4, -0.2) is 32.7 Å². The number of nitrogens with zero attached hydrogens (tertiary/aromatic N) is 1. The van der Waals surface area contributed by atoms with Crippen LogP contribution in [0.4, 0.5) is 5.69 Å². The zero-order chi connectivity index (χ0) is 21.4. The molecule has 2 aromatic rings. The van der Waals surface area contributed by atoms with Gasteiger partial charge in [0.25, 0.3) is 5.91 Å². The fourth-order valence-corrected chi connectivity index (χ4v) is 2.91. The molecule has 0 saturated carbocycles. The van der Waals surface area contributed by atoms with E-state index >= 15 is 0 Å². The van der Waals surface area contributed by atoms with Crippen molar-refractivity contribution in [3.05, 3.63) is 57.0 Å². The van der Waals surface area contributed by atoms with Gasteiger partial charge in [-0.3, -0.25) is 4.79 Å². The molecule has 2 rings (SSSR count). The average molecular weight is 480 g/mol. The van der Waals surface area contributed by atoms with E-state index in [0.29, 0.717) is 11.3 Å². The number of anilines is 1. The topological polar surface area (TPSA) is 97.7 Å². The summed E-state index contributed by atoms with van der Waals surface area (Å²) in [5.74, 6) is -0.777. The summed E-state index contributed by atoms with van der Waals surface area (Å²) < 4.78 is 15.9. The summed E-state index contributed by atoms with van der Waals surface area (Å²) in [5, 5.41) is 12.2. The maximum Gasteiger partial charge on any atom is 0.343 e. The van der Waals surface area contributed by atoms with Gasteiger partial charge in [0.15, 0.2) is 18.1 Å². The highest BCUT2D eigenvalue weighted by atomic mass is 79.9. The molecule has 0 heterocycles. The Labute approximate surface area is 180 Å². The van der Waals surface area contributed by atoms with E-state index in [1.165, 1.54) is 32.4 Å². The van der Waals surface area contributed by atoms with Crippen LogP contribution in [0.5, 0.6) is 11.5 Å². The number of ether oxygens (including phenoxy) is 3. The van der Waals surface area contributed by atoms with Gasteiger partial charge in [-0.05, 0) is 42.0 Å². The van der Waals surface area contributed by atoms with E-state index < -0.39 is 11.9 Å². The molecule has 0 saturated heterocycles. The number of carbonyl (C=O) groups excluding carboxylic acids is 2. The van der Waals surface area contributed by atoms with Gasteiger partial charge < -0.3 is 19.5 Å². The predicted octanol–water partition coefficient (Wildman–Crippen LogP) is 4.21. The zero-order valence-electron chi connectivity index (χ0n) is 15.5. The minimum absolute atomic E-state index is 0.133. The molecular formula is C20H16BrClN2O5. The number of amides is 1. The lowest BCUT2D eigenvalue weighted by Crippen LogP contribution is -2.14. The lowest BCUT2D eigenvalue weighted by molar-refractivity contribution is -0.142. The second-order valence-electron chi connectivity index (χ2n) is 5.53. The second kappa shape index (κ2) is 10.5. The molecule has 0 aliphatic rings. The van der Waals surface area contributed by atoms with Gasteiger partial charge in [0.2, 0.25) is 0 Å². The molecule has 0 bridgehead atoms. The van der Waals surface area contributed by atoms with E-state index in [-0.39, 0.29) is 28.7 Å². The van der Waals surface area contributed by atoms with Crippen molar-refractivity contribution >= 4 is 51.2 Å². The minimum atomic E-state index is -0.580. The largest absolute Gasteiger partial charge is 0.493 e. The van der Waals surface area contributed by atoms with Crippen molar-refractivity contribution in [1.29, 1.82) is 5.26 Å². The van der Waals surface area contributed by atoms with Crippen LogP contribution < -0.4 is 14.8 Å². The Morgan fingerprint density at radius 1 is 1.28 bits per heavy atom. The van der Waals surface area contributed by atoms with E-state index in [9.17, 15) is 14.9 Å². The summed E-state index contributed by atoms with van der Waals surface area (Å²) in [7, 11) is 2.64. The Morgan fingerprint density at radius 2 is 2.03 bits per heavy atom. The van der Waals surface area contributed by atoms with Gasteiger partial charge in [0.05, 0.1) is 19.2 Å². The number of esters is 1. The number of carbonyl (C=O) groups is 2. The third-order valence-electron chi connectivity index (χ3n) is 3.57. The van der Waals surface area contributed by atoms with Gasteiger partial charge in [-0.25, -0.2) is 4.79 Å². The van der Waals surface area contributed by atoms with Crippen LogP contribution >= 0.6 is 27.5 Å². The third-order valence-corrected chi connectivity index (χ3v) is 4.35. The Balaban J connectivity index is 2.28. The molecule has 0 atom stereocenters. The van der Waals surface area contributed by atoms with Crippen LogP contribution in [0.3, 0.4) is 0 Å². The molecule has 0 aromatic heterocycles. The van der Waals surface area contributed by atoms with Gasteiger partial charge in [0, 0.05) is 10.2 Å². The highest BCUT2D eigenvalue weighted by Crippen LogP contribution is 2.37. The van der Waals surface area contributed by atoms with Crippen molar-refractivity contribution in [2.45, 2.75) is 0 Å². The fraction of sp³-hybridized carbons (Fsp3) is 0.150. The Morgan fingerprint density at radius 3 is 2.66 bits per heavy atom. The summed E-state index contributed by atoms with van der Waals surface area (Å²) in [6.45, 7) is -0.347. The number of rotatable bonds is 7. The number of nitrogens with one attached hydrogen (secondary N) is 1. The molecule has 9 heteroatoms. The predicted molar refractivity (Wildman–Crippen MR) is 112 cm³/mol. The van der Waals surface area contributed by atoms with Crippen LogP contribution in [0, 0.1) is 11.3 Å². The molecule has 0 radical (unpaired) electrons. The van der Waals surface area contributed by atoms with E-state index in [1.807, 2.05) is 12.1 Å². The second-order valence-corrected chi connectivity index (χ2v) is 6.86. The van der Waals surface area contributed by atoms with E-state index in [4.69, 9.17) is 21.1 Å². The minimum Gasteiger partial charge on any atom is -0.493 e. The average Bonchev–Trinajstić information content (AvgIpc) is 2.70. The summed E-state index contributed by atoms with van der Waals surface area (Å²) in [6, 6.07) is 11.9. The molecule has 2 aromatic carbocycles. The normalized spacial score (nSPS) is 10.7. The lowest BCUT2D eigenvalue weighted by atomic mass is 10.1. The smallest absolute Gasteiger partial charge is 0.343 e. The number of benzene rings is 2. The first-order valence-electron chi connectivity index (χ1n) is 8.13. The SMILES string of the molecule is COC(=O)COc1c(Cl)cc(/C=C(/C#N)C(=O)Nc2cccc(Br)c2)cc1OC. The molecule has 0 aliphatic carbocycles. The molecule has 150 valence electrons. The van der Waals surface area contributed by atoms with Crippen LogP contribution in [0.25, 0.3) is 6.08 Å². The van der Waals surface area contributed by atoms with E-state index in [2.05, 4.69) is 26.0 Å². The Hall–Kier alpha value is -3.02. The summed E-state index contributed by atoms with van der Waals surface area (Å²) in [4.78, 5) is 23.7. The number of halogens is 2. The van der Waals surface area contributed by atoms with Crippen LogP contribution in [0.15, 0.2) is 46.4 Å². The van der Waals surface area contributed by atoms with Crippen molar-refractivity contribution in [3.8, 4) is 17.6 Å². The van der Waals surface area contributed by atoms with Crippen LogP contribution in [-0.2, 0) is 14.3 Å². The van der Waals surface area contributed by atoms with Gasteiger partial charge in [-0.1, -0.05) is 33.6 Å². The monoisotopic (exact) mass is 478 g/mol. The molecular weight excluding hydrogens is 464 g/mol. The highest BCUT2D eigenvalue weighted by molar-refractivity contribution is 9.10. The van der Waals surface area contributed by atoms with Crippen LogP contribution in [0.1, 0.15) is 5.56 Å². The van der Waals surface area contributed by atoms with Gasteiger partial charge in [-0.15, -0.1) is 0 Å². The van der Waals surface area contributed by atoms with Gasteiger partial charge in [-0.2, -0.15) is 5.26 Å². The zero-order valence-corrected chi connectivity index (χ0v) is 17.8. The Bertz CT molecular complexity index is 1000. The van der Waals surface area contributed by atoms with Crippen LogP contribution in [0.2, 0.25) is 5.02 Å². The Kier molecular flexibility index (Phi) is 8.07. The third kappa shape index (κ3) is 6.24. The molecule has 7 nitrogen and oxygen atoms in total. The van der Waals surface area contributed by atoms with Gasteiger partial charge >= 0.3 is 5.97 Å². The number of hydrogen-bond donors (Lipinski definition) is 1. The molecule has 0 spiro atoms. The van der Waals surface area contributed by atoms with Crippen molar-refractivity contribution in [2.24, 2.45) is 0 Å². The van der Waals surface area contributed by atoms with Gasteiger partial charge in [0.1, 0.15) is 11.6 Å². The van der Waals surface area contributed by atoms with Crippen molar-refractivity contribution < 1.29 is 23.8 Å². The first-order chi connectivity index (χ1) is 13.9. The molecule has 0 fully saturated rings. The number of nitriles is 1. The van der Waals surface area contributed by atoms with E-state index in [1.54, 1.807) is 18.2 Å². The quantitative estimate of drug-likeness (QED) is 0.363. The summed E-state index contributed by atoms with van der Waals surface area (Å²) >= 11 is 9.53. The standard InChI is InChI=1S/C20H16BrClN2O5/c1-27-17-8-12(7-16(22)19(17)29-11-18(25)28-2)6-13(10-23)20(26)24-15-5-3-4-14(21)9-15/h3-9H,11H2,1-2H3,(H,24,26)/b13-6-. The molecule has 0 unspecified atom stereocenters. The maximum atomic E-state index is 12.4. The molecule has 1 N–H and O–H groups in total. The lowest BCUT2D eigenvalue weighted by Gasteiger charge is -2.12. The number of methoxy groups -OCH3 is 2.